The summed E-state index contributed by atoms with van der Waals surface area (Å²) >= 11 is 0. The fourth-order valence-corrected chi connectivity index (χ4v) is 1.73. The van der Waals surface area contributed by atoms with Crippen LogP contribution in [0.1, 0.15) is 38.7 Å². The van der Waals surface area contributed by atoms with Crippen molar-refractivity contribution < 1.29 is 9.47 Å². The van der Waals surface area contributed by atoms with Crippen LogP contribution in [0.2, 0.25) is 0 Å². The minimum Gasteiger partial charge on any atom is -0.349 e. The molecule has 0 aliphatic carbocycles. The van der Waals surface area contributed by atoms with Gasteiger partial charge in [0.15, 0.2) is 6.29 Å². The molecule has 0 aromatic heterocycles. The molecule has 0 saturated heterocycles. The Kier molecular flexibility index (Phi) is 9.03. The molecule has 0 saturated carbocycles. The van der Waals surface area contributed by atoms with Crippen molar-refractivity contribution in [3.8, 4) is 0 Å². The smallest absolute Gasteiger partial charge is 0.176 e. The number of ether oxygens (including phenoxy) is 2. The molecule has 0 radical (unpaired) electrons. The standard InChI is InChI=1S/C17H26O2/c1-3-14-18-17(19-15-4-2)13-9-8-12-16-10-6-5-7-11-16/h5-7,9-11,13,17H,3-4,8,12,14-15H2,1-2H3. The molecule has 0 bridgehead atoms. The van der Waals surface area contributed by atoms with E-state index in [0.29, 0.717) is 0 Å². The Morgan fingerprint density at radius 3 is 2.21 bits per heavy atom. The molecule has 2 heteroatoms. The number of allylic oxidation sites excluding steroid dienone is 1. The van der Waals surface area contributed by atoms with Crippen molar-refractivity contribution in [2.75, 3.05) is 13.2 Å². The fourth-order valence-electron chi connectivity index (χ4n) is 1.73. The Morgan fingerprint density at radius 2 is 1.63 bits per heavy atom. The minimum atomic E-state index is -0.185. The maximum atomic E-state index is 5.64. The second-order valence-electron chi connectivity index (χ2n) is 4.56. The Bertz CT molecular complexity index is 324. The van der Waals surface area contributed by atoms with E-state index in [0.717, 1.165) is 38.9 Å². The number of benzene rings is 1. The number of aryl methyl sites for hydroxylation is 1. The first kappa shape index (κ1) is 15.9. The van der Waals surface area contributed by atoms with E-state index in [4.69, 9.17) is 9.47 Å². The molecule has 2 nitrogen and oxygen atoms in total. The van der Waals surface area contributed by atoms with Crippen LogP contribution in [0.4, 0.5) is 0 Å². The van der Waals surface area contributed by atoms with Crippen molar-refractivity contribution in [2.45, 2.75) is 45.8 Å². The maximum Gasteiger partial charge on any atom is 0.176 e. The molecule has 0 fully saturated rings. The normalized spacial score (nSPS) is 11.5. The van der Waals surface area contributed by atoms with Gasteiger partial charge >= 0.3 is 0 Å². The van der Waals surface area contributed by atoms with E-state index in [9.17, 15) is 0 Å². The Morgan fingerprint density at radius 1 is 1.00 bits per heavy atom. The van der Waals surface area contributed by atoms with Gasteiger partial charge in [0, 0.05) is 13.2 Å². The van der Waals surface area contributed by atoms with Crippen LogP contribution < -0.4 is 0 Å². The van der Waals surface area contributed by atoms with Crippen LogP contribution in [-0.4, -0.2) is 19.5 Å². The van der Waals surface area contributed by atoms with E-state index in [1.54, 1.807) is 0 Å². The highest BCUT2D eigenvalue weighted by molar-refractivity contribution is 5.15. The quantitative estimate of drug-likeness (QED) is 0.461. The van der Waals surface area contributed by atoms with E-state index in [1.807, 2.05) is 12.1 Å². The van der Waals surface area contributed by atoms with Crippen molar-refractivity contribution in [2.24, 2.45) is 0 Å². The molecule has 1 rings (SSSR count). The van der Waals surface area contributed by atoms with Crippen molar-refractivity contribution in [3.05, 3.63) is 48.0 Å². The average Bonchev–Trinajstić information content (AvgIpc) is 2.46. The third kappa shape index (κ3) is 7.81. The van der Waals surface area contributed by atoms with Crippen LogP contribution >= 0.6 is 0 Å². The molecule has 1 aromatic carbocycles. The lowest BCUT2D eigenvalue weighted by Crippen LogP contribution is -2.15. The van der Waals surface area contributed by atoms with Crippen molar-refractivity contribution in [3.63, 3.8) is 0 Å². The summed E-state index contributed by atoms with van der Waals surface area (Å²) in [6, 6.07) is 10.5. The van der Waals surface area contributed by atoms with Gasteiger partial charge in [0.05, 0.1) is 0 Å². The van der Waals surface area contributed by atoms with Gasteiger partial charge in [-0.3, -0.25) is 0 Å². The molecule has 0 spiro atoms. The van der Waals surface area contributed by atoms with E-state index in [-0.39, 0.29) is 6.29 Å². The second-order valence-corrected chi connectivity index (χ2v) is 4.56. The minimum absolute atomic E-state index is 0.185. The SMILES string of the molecule is CCCOC(C=CCCc1ccccc1)OCCC. The van der Waals surface area contributed by atoms with Gasteiger partial charge in [0.2, 0.25) is 0 Å². The Hall–Kier alpha value is -1.12. The summed E-state index contributed by atoms with van der Waals surface area (Å²) < 4.78 is 11.3. The summed E-state index contributed by atoms with van der Waals surface area (Å²) in [6.45, 7) is 5.71. The number of rotatable bonds is 10. The molecule has 0 unspecified atom stereocenters. The van der Waals surface area contributed by atoms with Crippen molar-refractivity contribution in [1.29, 1.82) is 0 Å². The average molecular weight is 262 g/mol. The molecule has 0 aliphatic rings. The molecule has 0 amide bonds. The van der Waals surface area contributed by atoms with Crippen LogP contribution in [0.25, 0.3) is 0 Å². The lowest BCUT2D eigenvalue weighted by atomic mass is 10.1. The van der Waals surface area contributed by atoms with Crippen molar-refractivity contribution in [1.82, 2.24) is 0 Å². The zero-order valence-corrected chi connectivity index (χ0v) is 12.2. The Balaban J connectivity index is 2.29. The zero-order chi connectivity index (χ0) is 13.8. The lowest BCUT2D eigenvalue weighted by Gasteiger charge is -2.14. The van der Waals surface area contributed by atoms with E-state index >= 15 is 0 Å². The molecule has 0 atom stereocenters. The third-order valence-electron chi connectivity index (χ3n) is 2.71. The van der Waals surface area contributed by atoms with Gasteiger partial charge in [0.1, 0.15) is 0 Å². The predicted molar refractivity (Wildman–Crippen MR) is 80.2 cm³/mol. The molecule has 0 heterocycles. The summed E-state index contributed by atoms with van der Waals surface area (Å²) in [5.41, 5.74) is 1.37. The second kappa shape index (κ2) is 10.8. The molecule has 0 N–H and O–H groups in total. The maximum absolute atomic E-state index is 5.64. The molecule has 1 aromatic rings. The van der Waals surface area contributed by atoms with Crippen molar-refractivity contribution >= 4 is 0 Å². The highest BCUT2D eigenvalue weighted by atomic mass is 16.7. The highest BCUT2D eigenvalue weighted by Crippen LogP contribution is 2.05. The molecule has 0 aliphatic heterocycles. The first-order valence-corrected chi connectivity index (χ1v) is 7.30. The van der Waals surface area contributed by atoms with Gasteiger partial charge in [-0.05, 0) is 37.3 Å². The van der Waals surface area contributed by atoms with Crippen LogP contribution in [0.5, 0.6) is 0 Å². The monoisotopic (exact) mass is 262 g/mol. The van der Waals surface area contributed by atoms with E-state index < -0.39 is 0 Å². The molecular formula is C17H26O2. The van der Waals surface area contributed by atoms with E-state index in [2.05, 4.69) is 44.2 Å². The van der Waals surface area contributed by atoms with Crippen LogP contribution in [0.3, 0.4) is 0 Å². The topological polar surface area (TPSA) is 18.5 Å². The predicted octanol–water partition coefficient (Wildman–Crippen LogP) is 4.35. The zero-order valence-electron chi connectivity index (χ0n) is 12.2. The highest BCUT2D eigenvalue weighted by Gasteiger charge is 2.03. The first-order valence-electron chi connectivity index (χ1n) is 7.30. The molecule has 19 heavy (non-hydrogen) atoms. The van der Waals surface area contributed by atoms with Gasteiger partial charge in [-0.1, -0.05) is 50.3 Å². The molecule has 106 valence electrons. The van der Waals surface area contributed by atoms with Gasteiger partial charge in [0.25, 0.3) is 0 Å². The first-order chi connectivity index (χ1) is 9.36. The Labute approximate surface area is 117 Å². The summed E-state index contributed by atoms with van der Waals surface area (Å²) in [5.74, 6) is 0. The van der Waals surface area contributed by atoms with Crippen LogP contribution in [0, 0.1) is 0 Å². The van der Waals surface area contributed by atoms with Crippen LogP contribution in [-0.2, 0) is 15.9 Å². The van der Waals surface area contributed by atoms with Crippen LogP contribution in [0.15, 0.2) is 42.5 Å². The summed E-state index contributed by atoms with van der Waals surface area (Å²) in [4.78, 5) is 0. The van der Waals surface area contributed by atoms with E-state index in [1.165, 1.54) is 5.56 Å². The number of hydrogen-bond donors (Lipinski definition) is 0. The fraction of sp³-hybridized carbons (Fsp3) is 0.529. The number of hydrogen-bond acceptors (Lipinski definition) is 2. The lowest BCUT2D eigenvalue weighted by molar-refractivity contribution is -0.111. The summed E-state index contributed by atoms with van der Waals surface area (Å²) in [5, 5.41) is 0. The van der Waals surface area contributed by atoms with Gasteiger partial charge in [-0.25, -0.2) is 0 Å². The third-order valence-corrected chi connectivity index (χ3v) is 2.71. The summed E-state index contributed by atoms with van der Waals surface area (Å²) in [7, 11) is 0. The largest absolute Gasteiger partial charge is 0.349 e. The molecular weight excluding hydrogens is 236 g/mol. The van der Waals surface area contributed by atoms with Gasteiger partial charge in [-0.15, -0.1) is 0 Å². The van der Waals surface area contributed by atoms with Gasteiger partial charge in [-0.2, -0.15) is 0 Å². The van der Waals surface area contributed by atoms with Gasteiger partial charge < -0.3 is 9.47 Å². The summed E-state index contributed by atoms with van der Waals surface area (Å²) in [6.07, 6.45) is 8.12.